The maximum atomic E-state index is 10.7. The molecule has 0 bridgehead atoms. The Morgan fingerprint density at radius 3 is 3.33 bits per heavy atom. The lowest BCUT2D eigenvalue weighted by Gasteiger charge is -2.01. The van der Waals surface area contributed by atoms with Crippen LogP contribution in [0.25, 0.3) is 0 Å². The number of aromatic nitrogens is 2. The molecule has 1 aromatic heterocycles. The van der Waals surface area contributed by atoms with Gasteiger partial charge in [-0.2, -0.15) is 5.10 Å². The van der Waals surface area contributed by atoms with Gasteiger partial charge in [-0.15, -0.1) is 0 Å². The summed E-state index contributed by atoms with van der Waals surface area (Å²) in [6, 6.07) is -0.575. The van der Waals surface area contributed by atoms with Gasteiger partial charge in [0.05, 0.1) is 11.9 Å². The number of hydrogen-bond acceptors (Lipinski definition) is 3. The van der Waals surface area contributed by atoms with Gasteiger partial charge in [0.25, 0.3) is 0 Å². The van der Waals surface area contributed by atoms with Crippen molar-refractivity contribution in [2.24, 2.45) is 7.05 Å². The van der Waals surface area contributed by atoms with Crippen LogP contribution < -0.4 is 5.32 Å². The molecule has 0 fully saturated rings. The molecule has 0 saturated carbocycles. The van der Waals surface area contributed by atoms with Gasteiger partial charge in [0.2, 0.25) is 0 Å². The summed E-state index contributed by atoms with van der Waals surface area (Å²) in [5.41, 5.74) is 1.74. The molecule has 1 aliphatic rings. The zero-order valence-corrected chi connectivity index (χ0v) is 6.61. The molecular weight excluding hydrogens is 158 g/mol. The zero-order chi connectivity index (χ0) is 8.72. The Morgan fingerprint density at radius 1 is 1.92 bits per heavy atom. The molecule has 64 valence electrons. The summed E-state index contributed by atoms with van der Waals surface area (Å²) in [6.45, 7) is 0.586. The molecule has 2 N–H and O–H groups in total. The van der Waals surface area contributed by atoms with E-state index in [1.165, 1.54) is 0 Å². The quantitative estimate of drug-likeness (QED) is 0.600. The van der Waals surface area contributed by atoms with E-state index in [4.69, 9.17) is 5.11 Å². The van der Waals surface area contributed by atoms with Crippen molar-refractivity contribution in [1.82, 2.24) is 15.1 Å². The largest absolute Gasteiger partial charge is 0.480 e. The summed E-state index contributed by atoms with van der Waals surface area (Å²) >= 11 is 0. The number of carboxylic acid groups (broad SMARTS) is 1. The number of hydrogen-bond donors (Lipinski definition) is 2. The second-order valence-corrected chi connectivity index (χ2v) is 2.82. The van der Waals surface area contributed by atoms with Crippen LogP contribution in [0.5, 0.6) is 0 Å². The topological polar surface area (TPSA) is 67.2 Å². The van der Waals surface area contributed by atoms with Gasteiger partial charge in [0, 0.05) is 19.2 Å². The Morgan fingerprint density at radius 2 is 2.67 bits per heavy atom. The first-order valence-electron chi connectivity index (χ1n) is 3.67. The molecule has 1 aromatic rings. The molecule has 0 spiro atoms. The highest BCUT2D eigenvalue weighted by Crippen LogP contribution is 2.23. The van der Waals surface area contributed by atoms with Crippen molar-refractivity contribution in [2.75, 3.05) is 0 Å². The Kier molecular flexibility index (Phi) is 1.41. The molecule has 0 aliphatic carbocycles. The highest BCUT2D eigenvalue weighted by Gasteiger charge is 2.30. The third-order valence-electron chi connectivity index (χ3n) is 2.13. The first kappa shape index (κ1) is 7.30. The fourth-order valence-corrected chi connectivity index (χ4v) is 1.47. The lowest BCUT2D eigenvalue weighted by atomic mass is 10.2. The highest BCUT2D eigenvalue weighted by atomic mass is 16.4. The second-order valence-electron chi connectivity index (χ2n) is 2.82. The SMILES string of the molecule is Cn1ncc2c1CNC2C(=O)O. The monoisotopic (exact) mass is 167 g/mol. The molecule has 2 rings (SSSR count). The van der Waals surface area contributed by atoms with Gasteiger partial charge in [-0.1, -0.05) is 0 Å². The van der Waals surface area contributed by atoms with Crippen LogP contribution in [0.2, 0.25) is 0 Å². The highest BCUT2D eigenvalue weighted by molar-refractivity contribution is 5.76. The molecule has 2 heterocycles. The molecule has 5 nitrogen and oxygen atoms in total. The third kappa shape index (κ3) is 0.831. The average molecular weight is 167 g/mol. The zero-order valence-electron chi connectivity index (χ0n) is 6.61. The summed E-state index contributed by atoms with van der Waals surface area (Å²) in [5, 5.41) is 15.6. The first-order valence-corrected chi connectivity index (χ1v) is 3.67. The molecule has 1 atom stereocenters. The lowest BCUT2D eigenvalue weighted by molar-refractivity contribution is -0.139. The number of fused-ring (bicyclic) bond motifs is 1. The minimum atomic E-state index is -0.846. The van der Waals surface area contributed by atoms with Crippen molar-refractivity contribution in [3.05, 3.63) is 17.5 Å². The third-order valence-corrected chi connectivity index (χ3v) is 2.13. The van der Waals surface area contributed by atoms with Gasteiger partial charge in [-0.05, 0) is 0 Å². The lowest BCUT2D eigenvalue weighted by Crippen LogP contribution is -2.21. The Balaban J connectivity index is 2.43. The van der Waals surface area contributed by atoms with Gasteiger partial charge in [0.1, 0.15) is 6.04 Å². The second kappa shape index (κ2) is 2.31. The van der Waals surface area contributed by atoms with E-state index in [0.29, 0.717) is 6.54 Å². The van der Waals surface area contributed by atoms with E-state index >= 15 is 0 Å². The van der Waals surface area contributed by atoms with Crippen molar-refractivity contribution in [1.29, 1.82) is 0 Å². The number of carboxylic acids is 1. The Labute approximate surface area is 69.0 Å². The van der Waals surface area contributed by atoms with Crippen LogP contribution >= 0.6 is 0 Å². The van der Waals surface area contributed by atoms with Crippen LogP contribution in [0.3, 0.4) is 0 Å². The molecule has 0 aromatic carbocycles. The fourth-order valence-electron chi connectivity index (χ4n) is 1.47. The normalized spacial score (nSPS) is 20.9. The van der Waals surface area contributed by atoms with Crippen LogP contribution in [-0.4, -0.2) is 20.9 Å². The predicted molar refractivity (Wildman–Crippen MR) is 40.4 cm³/mol. The predicted octanol–water partition coefficient (Wildman–Crippen LogP) is -0.351. The molecule has 0 amide bonds. The standard InChI is InChI=1S/C7H9N3O2/c1-10-5-3-8-6(7(11)12)4(5)2-9-10/h2,6,8H,3H2,1H3,(H,11,12). The summed E-state index contributed by atoms with van der Waals surface area (Å²) in [5.74, 6) is -0.846. The van der Waals surface area contributed by atoms with Crippen molar-refractivity contribution < 1.29 is 9.90 Å². The number of aryl methyl sites for hydroxylation is 1. The van der Waals surface area contributed by atoms with E-state index in [1.807, 2.05) is 7.05 Å². The maximum absolute atomic E-state index is 10.7. The average Bonchev–Trinajstić information content (AvgIpc) is 2.53. The van der Waals surface area contributed by atoms with E-state index in [-0.39, 0.29) is 0 Å². The molecule has 0 radical (unpaired) electrons. The summed E-state index contributed by atoms with van der Waals surface area (Å²) < 4.78 is 1.70. The summed E-state index contributed by atoms with van der Waals surface area (Å²) in [6.07, 6.45) is 1.61. The molecular formula is C7H9N3O2. The number of nitrogens with zero attached hydrogens (tertiary/aromatic N) is 2. The maximum Gasteiger partial charge on any atom is 0.325 e. The molecule has 12 heavy (non-hydrogen) atoms. The summed E-state index contributed by atoms with van der Waals surface area (Å²) in [7, 11) is 1.81. The van der Waals surface area contributed by atoms with Crippen LogP contribution in [0.4, 0.5) is 0 Å². The van der Waals surface area contributed by atoms with Gasteiger partial charge in [-0.25, -0.2) is 0 Å². The molecule has 0 saturated heterocycles. The van der Waals surface area contributed by atoms with Gasteiger partial charge in [-0.3, -0.25) is 14.8 Å². The van der Waals surface area contributed by atoms with Crippen LogP contribution in [0.15, 0.2) is 6.20 Å². The van der Waals surface area contributed by atoms with Crippen LogP contribution in [0.1, 0.15) is 17.3 Å². The van der Waals surface area contributed by atoms with E-state index in [9.17, 15) is 4.79 Å². The van der Waals surface area contributed by atoms with Crippen LogP contribution in [0, 0.1) is 0 Å². The molecule has 1 unspecified atom stereocenters. The fraction of sp³-hybridized carbons (Fsp3) is 0.429. The van der Waals surface area contributed by atoms with E-state index in [0.717, 1.165) is 11.3 Å². The van der Waals surface area contributed by atoms with Crippen molar-refractivity contribution in [3.8, 4) is 0 Å². The number of rotatable bonds is 1. The van der Waals surface area contributed by atoms with Crippen LogP contribution in [-0.2, 0) is 18.4 Å². The van der Waals surface area contributed by atoms with E-state index in [1.54, 1.807) is 10.9 Å². The molecule has 5 heteroatoms. The van der Waals surface area contributed by atoms with Gasteiger partial charge in [0.15, 0.2) is 0 Å². The molecule has 1 aliphatic heterocycles. The van der Waals surface area contributed by atoms with Crippen molar-refractivity contribution in [3.63, 3.8) is 0 Å². The first-order chi connectivity index (χ1) is 5.70. The van der Waals surface area contributed by atoms with Gasteiger partial charge < -0.3 is 5.11 Å². The smallest absolute Gasteiger partial charge is 0.325 e. The summed E-state index contributed by atoms with van der Waals surface area (Å²) in [4.78, 5) is 10.7. The number of aliphatic carboxylic acids is 1. The Hall–Kier alpha value is -1.36. The van der Waals surface area contributed by atoms with Gasteiger partial charge >= 0.3 is 5.97 Å². The van der Waals surface area contributed by atoms with Crippen molar-refractivity contribution in [2.45, 2.75) is 12.6 Å². The minimum Gasteiger partial charge on any atom is -0.480 e. The van der Waals surface area contributed by atoms with E-state index in [2.05, 4.69) is 10.4 Å². The minimum absolute atomic E-state index is 0.575. The van der Waals surface area contributed by atoms with E-state index < -0.39 is 12.0 Å². The number of carbonyl (C=O) groups is 1. The number of nitrogens with one attached hydrogen (secondary N) is 1. The Bertz CT molecular complexity index is 331. The van der Waals surface area contributed by atoms with Crippen molar-refractivity contribution >= 4 is 5.97 Å².